The predicted octanol–water partition coefficient (Wildman–Crippen LogP) is 0.305. The number of piperazine rings is 1. The summed E-state index contributed by atoms with van der Waals surface area (Å²) in [7, 11) is 4.00. The average Bonchev–Trinajstić information content (AvgIpc) is 2.54. The number of nitrogens with zero attached hydrogens (tertiary/aromatic N) is 3. The summed E-state index contributed by atoms with van der Waals surface area (Å²) in [6, 6.07) is 4.09. The Kier molecular flexibility index (Phi) is 6.15. The summed E-state index contributed by atoms with van der Waals surface area (Å²) in [6.45, 7) is 7.31. The quantitative estimate of drug-likeness (QED) is 0.792. The third-order valence-corrected chi connectivity index (χ3v) is 4.06. The summed E-state index contributed by atoms with van der Waals surface area (Å²) < 4.78 is 0. The van der Waals surface area contributed by atoms with Gasteiger partial charge in [-0.25, -0.2) is 4.98 Å². The normalized spacial score (nSPS) is 17.3. The monoisotopic (exact) mass is 305 g/mol. The van der Waals surface area contributed by atoms with E-state index in [1.54, 1.807) is 0 Å². The number of carbonyl (C=O) groups is 1. The highest BCUT2D eigenvalue weighted by Gasteiger charge is 2.15. The molecule has 0 bridgehead atoms. The van der Waals surface area contributed by atoms with Crippen molar-refractivity contribution in [3.8, 4) is 0 Å². The molecule has 1 aromatic heterocycles. The summed E-state index contributed by atoms with van der Waals surface area (Å²) in [6.07, 6.45) is 1.86. The van der Waals surface area contributed by atoms with Crippen molar-refractivity contribution < 1.29 is 4.79 Å². The van der Waals surface area contributed by atoms with Gasteiger partial charge in [0.2, 0.25) is 5.91 Å². The number of amides is 1. The molecule has 6 nitrogen and oxygen atoms in total. The lowest BCUT2D eigenvalue weighted by atomic mass is 10.1. The van der Waals surface area contributed by atoms with E-state index in [1.165, 1.54) is 0 Å². The van der Waals surface area contributed by atoms with Gasteiger partial charge in [-0.3, -0.25) is 4.79 Å². The topological polar surface area (TPSA) is 60.5 Å². The zero-order valence-electron chi connectivity index (χ0n) is 13.8. The van der Waals surface area contributed by atoms with Gasteiger partial charge < -0.3 is 20.4 Å². The first-order valence-corrected chi connectivity index (χ1v) is 7.91. The van der Waals surface area contributed by atoms with Crippen LogP contribution in [0.25, 0.3) is 0 Å². The molecule has 1 aromatic rings. The Morgan fingerprint density at radius 1 is 1.32 bits per heavy atom. The molecule has 1 saturated heterocycles. The first kappa shape index (κ1) is 16.7. The molecule has 0 saturated carbocycles. The number of carbonyl (C=O) groups excluding carboxylic acids is 1. The zero-order valence-corrected chi connectivity index (χ0v) is 13.8. The number of aromatic nitrogens is 1. The number of hydrogen-bond donors (Lipinski definition) is 2. The van der Waals surface area contributed by atoms with Gasteiger partial charge in [-0.05, 0) is 25.7 Å². The van der Waals surface area contributed by atoms with E-state index in [0.717, 1.165) is 37.6 Å². The van der Waals surface area contributed by atoms with Gasteiger partial charge in [-0.1, -0.05) is 13.0 Å². The molecule has 0 aromatic carbocycles. The van der Waals surface area contributed by atoms with Gasteiger partial charge >= 0.3 is 0 Å². The fraction of sp³-hybridized carbons (Fsp3) is 0.625. The van der Waals surface area contributed by atoms with Crippen LogP contribution in [0.4, 0.5) is 5.82 Å². The highest BCUT2D eigenvalue weighted by atomic mass is 16.1. The lowest BCUT2D eigenvalue weighted by Gasteiger charge is -2.33. The summed E-state index contributed by atoms with van der Waals surface area (Å²) >= 11 is 0. The van der Waals surface area contributed by atoms with Crippen molar-refractivity contribution in [2.45, 2.75) is 13.5 Å². The molecule has 1 atom stereocenters. The van der Waals surface area contributed by atoms with E-state index in [2.05, 4.69) is 32.5 Å². The van der Waals surface area contributed by atoms with Crippen molar-refractivity contribution in [1.29, 1.82) is 0 Å². The van der Waals surface area contributed by atoms with E-state index in [1.807, 2.05) is 32.3 Å². The average molecular weight is 305 g/mol. The van der Waals surface area contributed by atoms with E-state index < -0.39 is 0 Å². The molecule has 6 heteroatoms. The molecule has 1 amide bonds. The minimum Gasteiger partial charge on any atom is -0.354 e. The van der Waals surface area contributed by atoms with Gasteiger partial charge in [0.25, 0.3) is 0 Å². The SMILES string of the molecule is CNCC(C)C(=O)NCc1ccc(N2CCN(C)CC2)nc1. The first-order valence-electron chi connectivity index (χ1n) is 7.91. The van der Waals surface area contributed by atoms with Crippen molar-refractivity contribution in [2.75, 3.05) is 51.7 Å². The van der Waals surface area contributed by atoms with Crippen LogP contribution < -0.4 is 15.5 Å². The van der Waals surface area contributed by atoms with E-state index in [-0.39, 0.29) is 11.8 Å². The highest BCUT2D eigenvalue weighted by Crippen LogP contribution is 2.13. The van der Waals surface area contributed by atoms with Crippen LogP contribution in [0.3, 0.4) is 0 Å². The highest BCUT2D eigenvalue weighted by molar-refractivity contribution is 5.78. The second-order valence-corrected chi connectivity index (χ2v) is 5.99. The fourth-order valence-corrected chi connectivity index (χ4v) is 2.51. The van der Waals surface area contributed by atoms with Gasteiger partial charge in [-0.2, -0.15) is 0 Å². The third-order valence-electron chi connectivity index (χ3n) is 4.06. The minimum atomic E-state index is -0.0254. The van der Waals surface area contributed by atoms with E-state index in [4.69, 9.17) is 0 Å². The minimum absolute atomic E-state index is 0.0254. The molecule has 2 heterocycles. The van der Waals surface area contributed by atoms with Gasteiger partial charge in [0, 0.05) is 51.4 Å². The van der Waals surface area contributed by atoms with Crippen molar-refractivity contribution in [1.82, 2.24) is 20.5 Å². The van der Waals surface area contributed by atoms with Crippen LogP contribution in [-0.2, 0) is 11.3 Å². The largest absolute Gasteiger partial charge is 0.354 e. The van der Waals surface area contributed by atoms with Crippen LogP contribution in [-0.4, -0.2) is 62.6 Å². The summed E-state index contributed by atoms with van der Waals surface area (Å²) in [5.41, 5.74) is 1.03. The Bertz CT molecular complexity index is 468. The van der Waals surface area contributed by atoms with Gasteiger partial charge in [0.05, 0.1) is 0 Å². The molecule has 0 aliphatic carbocycles. The van der Waals surface area contributed by atoms with E-state index in [9.17, 15) is 4.79 Å². The Balaban J connectivity index is 1.83. The number of rotatable bonds is 6. The Hall–Kier alpha value is -1.66. The molecule has 2 rings (SSSR count). The smallest absolute Gasteiger partial charge is 0.224 e. The molecule has 22 heavy (non-hydrogen) atoms. The molecular formula is C16H27N5O. The predicted molar refractivity (Wildman–Crippen MR) is 88.9 cm³/mol. The summed E-state index contributed by atoms with van der Waals surface area (Å²) in [5, 5.41) is 5.96. The molecule has 1 fully saturated rings. The number of hydrogen-bond acceptors (Lipinski definition) is 5. The lowest BCUT2D eigenvalue weighted by Crippen LogP contribution is -2.44. The number of anilines is 1. The van der Waals surface area contributed by atoms with Gasteiger partial charge in [0.15, 0.2) is 0 Å². The standard InChI is InChI=1S/C16H27N5O/c1-13(10-17-2)16(22)19-12-14-4-5-15(18-11-14)21-8-6-20(3)7-9-21/h4-5,11,13,17H,6-10,12H2,1-3H3,(H,19,22). The molecule has 2 N–H and O–H groups in total. The van der Waals surface area contributed by atoms with E-state index >= 15 is 0 Å². The van der Waals surface area contributed by atoms with Crippen LogP contribution in [0.5, 0.6) is 0 Å². The summed E-state index contributed by atoms with van der Waals surface area (Å²) in [5.74, 6) is 1.06. The van der Waals surface area contributed by atoms with Gasteiger partial charge in [0.1, 0.15) is 5.82 Å². The number of nitrogens with one attached hydrogen (secondary N) is 2. The number of pyridine rings is 1. The molecule has 122 valence electrons. The van der Waals surface area contributed by atoms with Crippen molar-refractivity contribution in [3.05, 3.63) is 23.9 Å². The number of likely N-dealkylation sites (N-methyl/N-ethyl adjacent to an activating group) is 1. The van der Waals surface area contributed by atoms with Crippen molar-refractivity contribution >= 4 is 11.7 Å². The molecular weight excluding hydrogens is 278 g/mol. The van der Waals surface area contributed by atoms with Crippen LogP contribution in [0.2, 0.25) is 0 Å². The van der Waals surface area contributed by atoms with Crippen LogP contribution in [0.15, 0.2) is 18.3 Å². The molecule has 1 aliphatic heterocycles. The summed E-state index contributed by atoms with van der Waals surface area (Å²) in [4.78, 5) is 21.0. The Morgan fingerprint density at radius 2 is 2.05 bits per heavy atom. The fourth-order valence-electron chi connectivity index (χ4n) is 2.51. The van der Waals surface area contributed by atoms with E-state index in [0.29, 0.717) is 13.1 Å². The molecule has 1 unspecified atom stereocenters. The second-order valence-electron chi connectivity index (χ2n) is 5.99. The Labute approximate surface area is 132 Å². The molecule has 0 spiro atoms. The van der Waals surface area contributed by atoms with Crippen molar-refractivity contribution in [2.24, 2.45) is 5.92 Å². The zero-order chi connectivity index (χ0) is 15.9. The first-order chi connectivity index (χ1) is 10.6. The van der Waals surface area contributed by atoms with Crippen LogP contribution in [0, 0.1) is 5.92 Å². The van der Waals surface area contributed by atoms with Crippen molar-refractivity contribution in [3.63, 3.8) is 0 Å². The second kappa shape index (κ2) is 8.10. The maximum absolute atomic E-state index is 11.9. The molecule has 1 aliphatic rings. The van der Waals surface area contributed by atoms with Crippen LogP contribution in [0.1, 0.15) is 12.5 Å². The molecule has 0 radical (unpaired) electrons. The van der Waals surface area contributed by atoms with Crippen LogP contribution >= 0.6 is 0 Å². The third kappa shape index (κ3) is 4.68. The lowest BCUT2D eigenvalue weighted by molar-refractivity contribution is -0.124. The maximum Gasteiger partial charge on any atom is 0.224 e. The Morgan fingerprint density at radius 3 is 2.64 bits per heavy atom. The maximum atomic E-state index is 11.9. The van der Waals surface area contributed by atoms with Gasteiger partial charge in [-0.15, -0.1) is 0 Å².